The van der Waals surface area contributed by atoms with E-state index in [1.165, 1.54) is 28.9 Å². The monoisotopic (exact) mass is 355 g/mol. The molecule has 6 heteroatoms. The molecule has 1 aliphatic carbocycles. The van der Waals surface area contributed by atoms with Crippen molar-refractivity contribution >= 4 is 22.9 Å². The van der Waals surface area contributed by atoms with Crippen LogP contribution in [-0.4, -0.2) is 19.7 Å². The first-order valence-electron chi connectivity index (χ1n) is 8.19. The van der Waals surface area contributed by atoms with E-state index in [9.17, 15) is 9.59 Å². The van der Waals surface area contributed by atoms with Crippen molar-refractivity contribution in [1.29, 1.82) is 0 Å². The van der Waals surface area contributed by atoms with Crippen LogP contribution < -0.4 is 5.56 Å². The normalized spacial score (nSPS) is 15.5. The van der Waals surface area contributed by atoms with Crippen LogP contribution >= 0.6 is 11.6 Å². The van der Waals surface area contributed by atoms with Gasteiger partial charge in [0.1, 0.15) is 5.52 Å². The average molecular weight is 356 g/mol. The number of rotatable bonds is 2. The molecule has 0 saturated carbocycles. The number of fused-ring (bicyclic) bond motifs is 3. The zero-order valence-corrected chi connectivity index (χ0v) is 15.1. The first-order chi connectivity index (χ1) is 11.8. The first-order valence-corrected chi connectivity index (χ1v) is 8.56. The molecule has 0 aromatic carbocycles. The van der Waals surface area contributed by atoms with Crippen LogP contribution in [0.25, 0.3) is 11.3 Å². The van der Waals surface area contributed by atoms with E-state index in [1.807, 2.05) is 16.7 Å². The van der Waals surface area contributed by atoms with Crippen LogP contribution in [0.15, 0.2) is 35.5 Å². The summed E-state index contributed by atoms with van der Waals surface area (Å²) in [6.45, 7) is 5.88. The Hall–Kier alpha value is -2.40. The quantitative estimate of drug-likeness (QED) is 0.661. The third-order valence-corrected chi connectivity index (χ3v) is 5.13. The van der Waals surface area contributed by atoms with Crippen LogP contribution in [0.1, 0.15) is 42.4 Å². The molecule has 0 N–H and O–H groups in total. The number of carbonyl (C=O) groups excluding carboxylic acids is 1. The fourth-order valence-corrected chi connectivity index (χ4v) is 4.04. The van der Waals surface area contributed by atoms with Crippen molar-refractivity contribution in [3.8, 4) is 5.82 Å². The summed E-state index contributed by atoms with van der Waals surface area (Å²) in [6, 6.07) is 3.51. The van der Waals surface area contributed by atoms with E-state index in [-0.39, 0.29) is 28.1 Å². The number of Topliss-reactive ketones (excluding diaryl/α,β-unsaturated/α-hetero) is 1. The van der Waals surface area contributed by atoms with Crippen molar-refractivity contribution in [3.63, 3.8) is 0 Å². The Bertz CT molecular complexity index is 1090. The number of ketones is 1. The van der Waals surface area contributed by atoms with Crippen molar-refractivity contribution in [3.05, 3.63) is 62.9 Å². The van der Waals surface area contributed by atoms with Gasteiger partial charge in [-0.3, -0.25) is 14.2 Å². The Morgan fingerprint density at radius 2 is 2.04 bits per heavy atom. The number of hydrogen-bond acceptors (Lipinski definition) is 3. The number of halogens is 1. The van der Waals surface area contributed by atoms with Crippen molar-refractivity contribution in [2.45, 2.75) is 33.6 Å². The Balaban J connectivity index is 1.96. The van der Waals surface area contributed by atoms with Gasteiger partial charge in [0, 0.05) is 24.3 Å². The maximum absolute atomic E-state index is 13.0. The van der Waals surface area contributed by atoms with Gasteiger partial charge in [0.15, 0.2) is 11.6 Å². The van der Waals surface area contributed by atoms with E-state index >= 15 is 0 Å². The highest BCUT2D eigenvalue weighted by Gasteiger charge is 2.31. The Kier molecular flexibility index (Phi) is 3.41. The zero-order chi connectivity index (χ0) is 17.9. The van der Waals surface area contributed by atoms with Crippen LogP contribution in [-0.2, 0) is 12.8 Å². The first kappa shape index (κ1) is 16.1. The van der Waals surface area contributed by atoms with Crippen molar-refractivity contribution in [1.82, 2.24) is 14.0 Å². The molecule has 3 heterocycles. The lowest BCUT2D eigenvalue weighted by atomic mass is 9.90. The Morgan fingerprint density at radius 1 is 1.28 bits per heavy atom. The van der Waals surface area contributed by atoms with Gasteiger partial charge in [-0.25, -0.2) is 4.98 Å². The Labute approximate surface area is 149 Å². The van der Waals surface area contributed by atoms with Crippen LogP contribution in [0.2, 0.25) is 5.02 Å². The molecule has 0 radical (unpaired) electrons. The average Bonchev–Trinajstić information content (AvgIpc) is 2.99. The van der Waals surface area contributed by atoms with Gasteiger partial charge in [-0.15, -0.1) is 0 Å². The molecule has 0 unspecified atom stereocenters. The third-order valence-electron chi connectivity index (χ3n) is 4.81. The molecule has 4 rings (SSSR count). The third kappa shape index (κ3) is 2.42. The molecular formula is C19H18ClN3O2. The number of aromatic nitrogens is 3. The summed E-state index contributed by atoms with van der Waals surface area (Å²) >= 11 is 6.16. The van der Waals surface area contributed by atoms with Crippen LogP contribution in [0.3, 0.4) is 0 Å². The SMILES string of the molecule is CC(=O)c1c(Cl)ccnc1-n1ccn2c3c(cc2c1=O)CC(C)(C)C3. The van der Waals surface area contributed by atoms with Crippen LogP contribution in [0.5, 0.6) is 0 Å². The lowest BCUT2D eigenvalue weighted by Gasteiger charge is -2.16. The summed E-state index contributed by atoms with van der Waals surface area (Å²) in [5.41, 5.74) is 3.28. The van der Waals surface area contributed by atoms with Gasteiger partial charge in [0.2, 0.25) is 0 Å². The van der Waals surface area contributed by atoms with E-state index in [4.69, 9.17) is 11.6 Å². The molecule has 5 nitrogen and oxygen atoms in total. The summed E-state index contributed by atoms with van der Waals surface area (Å²) in [5.74, 6) is 0.0497. The highest BCUT2D eigenvalue weighted by atomic mass is 35.5. The number of carbonyl (C=O) groups is 1. The molecule has 3 aromatic rings. The minimum Gasteiger partial charge on any atom is -0.314 e. The van der Waals surface area contributed by atoms with Crippen LogP contribution in [0, 0.1) is 5.41 Å². The van der Waals surface area contributed by atoms with Crippen molar-refractivity contribution in [2.75, 3.05) is 0 Å². The molecule has 0 amide bonds. The number of nitrogens with zero attached hydrogens (tertiary/aromatic N) is 3. The largest absolute Gasteiger partial charge is 0.314 e. The van der Waals surface area contributed by atoms with Crippen LogP contribution in [0.4, 0.5) is 0 Å². The van der Waals surface area contributed by atoms with Gasteiger partial charge in [0.25, 0.3) is 5.56 Å². The molecule has 0 aliphatic heterocycles. The second kappa shape index (κ2) is 5.30. The van der Waals surface area contributed by atoms with Gasteiger partial charge in [-0.05, 0) is 42.9 Å². The van der Waals surface area contributed by atoms with E-state index < -0.39 is 0 Å². The highest BCUT2D eigenvalue weighted by Crippen LogP contribution is 2.37. The zero-order valence-electron chi connectivity index (χ0n) is 14.3. The Morgan fingerprint density at radius 3 is 2.76 bits per heavy atom. The molecule has 25 heavy (non-hydrogen) atoms. The second-order valence-electron chi connectivity index (χ2n) is 7.41. The molecule has 0 atom stereocenters. The topological polar surface area (TPSA) is 56.4 Å². The van der Waals surface area contributed by atoms with Gasteiger partial charge < -0.3 is 4.40 Å². The van der Waals surface area contributed by atoms with E-state index in [0.29, 0.717) is 10.5 Å². The summed E-state index contributed by atoms with van der Waals surface area (Å²) in [5, 5.41) is 0.295. The predicted molar refractivity (Wildman–Crippen MR) is 97.0 cm³/mol. The summed E-state index contributed by atoms with van der Waals surface area (Å²) in [4.78, 5) is 29.2. The summed E-state index contributed by atoms with van der Waals surface area (Å²) in [6.07, 6.45) is 6.92. The molecule has 0 spiro atoms. The minimum atomic E-state index is -0.223. The van der Waals surface area contributed by atoms with Crippen molar-refractivity contribution in [2.24, 2.45) is 5.41 Å². The minimum absolute atomic E-state index is 0.202. The molecule has 0 bridgehead atoms. The van der Waals surface area contributed by atoms with Gasteiger partial charge >= 0.3 is 0 Å². The second-order valence-corrected chi connectivity index (χ2v) is 7.82. The predicted octanol–water partition coefficient (Wildman–Crippen LogP) is 3.47. The molecule has 3 aromatic heterocycles. The number of hydrogen-bond donors (Lipinski definition) is 0. The molecule has 128 valence electrons. The van der Waals surface area contributed by atoms with Gasteiger partial charge in [-0.1, -0.05) is 25.4 Å². The van der Waals surface area contributed by atoms with Crippen molar-refractivity contribution < 1.29 is 4.79 Å². The fourth-order valence-electron chi connectivity index (χ4n) is 3.76. The highest BCUT2D eigenvalue weighted by molar-refractivity contribution is 6.34. The standard InChI is InChI=1S/C19H18ClN3O2/c1-11(24)16-13(20)4-5-21-17(16)23-7-6-22-14(18(23)25)8-12-9-19(2,3)10-15(12)22/h4-8H,9-10H2,1-3H3. The lowest BCUT2D eigenvalue weighted by molar-refractivity contribution is 0.101. The summed E-state index contributed by atoms with van der Waals surface area (Å²) in [7, 11) is 0. The van der Waals surface area contributed by atoms with Gasteiger partial charge in [0.05, 0.1) is 10.6 Å². The molecule has 0 saturated heterocycles. The smallest absolute Gasteiger partial charge is 0.280 e. The van der Waals surface area contributed by atoms with E-state index in [2.05, 4.69) is 18.8 Å². The molecule has 1 aliphatic rings. The molecule has 0 fully saturated rings. The maximum Gasteiger partial charge on any atom is 0.280 e. The molecular weight excluding hydrogens is 338 g/mol. The maximum atomic E-state index is 13.0. The number of pyridine rings is 1. The lowest BCUT2D eigenvalue weighted by Crippen LogP contribution is -2.23. The van der Waals surface area contributed by atoms with E-state index in [0.717, 1.165) is 12.8 Å². The fraction of sp³-hybridized carbons (Fsp3) is 0.316. The van der Waals surface area contributed by atoms with E-state index in [1.54, 1.807) is 12.3 Å². The summed E-state index contributed by atoms with van der Waals surface area (Å²) < 4.78 is 3.36. The van der Waals surface area contributed by atoms with Gasteiger partial charge in [-0.2, -0.15) is 0 Å².